The summed E-state index contributed by atoms with van der Waals surface area (Å²) < 4.78 is 18.4. The van der Waals surface area contributed by atoms with Crippen molar-refractivity contribution in [3.8, 4) is 5.75 Å². The van der Waals surface area contributed by atoms with Crippen LogP contribution in [0.3, 0.4) is 0 Å². The lowest BCUT2D eigenvalue weighted by Gasteiger charge is -2.07. The van der Waals surface area contributed by atoms with Crippen molar-refractivity contribution in [1.29, 1.82) is 0 Å². The molecule has 1 amide bonds. The zero-order valence-electron chi connectivity index (χ0n) is 11.9. The Kier molecular flexibility index (Phi) is 5.32. The van der Waals surface area contributed by atoms with Crippen LogP contribution < -0.4 is 10.1 Å². The van der Waals surface area contributed by atoms with Gasteiger partial charge >= 0.3 is 0 Å². The molecule has 0 aliphatic rings. The lowest BCUT2D eigenvalue weighted by Crippen LogP contribution is -2.27. The number of nitrogens with one attached hydrogen (secondary N) is 1. The zero-order valence-corrected chi connectivity index (χ0v) is 11.9. The number of hydrogen-bond acceptors (Lipinski definition) is 2. The molecule has 2 rings (SSSR count). The molecular weight excluding hydrogens is 269 g/mol. The molecule has 4 heteroatoms. The number of methoxy groups -OCH3 is 1. The number of halogens is 1. The van der Waals surface area contributed by atoms with Gasteiger partial charge in [-0.3, -0.25) is 4.79 Å². The van der Waals surface area contributed by atoms with Crippen LogP contribution in [0.4, 0.5) is 4.39 Å². The maximum atomic E-state index is 13.5. The Bertz CT molecular complexity index is 599. The van der Waals surface area contributed by atoms with Gasteiger partial charge in [-0.05, 0) is 29.7 Å². The Balaban J connectivity index is 1.79. The Morgan fingerprint density at radius 2 is 1.90 bits per heavy atom. The highest BCUT2D eigenvalue weighted by molar-refractivity contribution is 5.78. The average molecular weight is 287 g/mol. The number of benzene rings is 2. The van der Waals surface area contributed by atoms with E-state index in [4.69, 9.17) is 4.74 Å². The van der Waals surface area contributed by atoms with E-state index in [0.29, 0.717) is 19.4 Å². The number of hydrogen-bond donors (Lipinski definition) is 1. The van der Waals surface area contributed by atoms with Gasteiger partial charge in [-0.2, -0.15) is 0 Å². The molecule has 0 aliphatic heterocycles. The lowest BCUT2D eigenvalue weighted by molar-refractivity contribution is -0.120. The molecule has 3 nitrogen and oxygen atoms in total. The van der Waals surface area contributed by atoms with Gasteiger partial charge in [0, 0.05) is 6.54 Å². The van der Waals surface area contributed by atoms with Crippen molar-refractivity contribution in [2.75, 3.05) is 13.7 Å². The van der Waals surface area contributed by atoms with Gasteiger partial charge in [0.1, 0.15) is 0 Å². The Morgan fingerprint density at radius 1 is 1.14 bits per heavy atom. The zero-order chi connectivity index (χ0) is 15.1. The molecule has 0 heterocycles. The summed E-state index contributed by atoms with van der Waals surface area (Å²) in [6.07, 6.45) is 0.944. The summed E-state index contributed by atoms with van der Waals surface area (Å²) in [5, 5.41) is 2.84. The first-order valence-corrected chi connectivity index (χ1v) is 6.82. The molecule has 0 bridgehead atoms. The fraction of sp³-hybridized carbons (Fsp3) is 0.235. The summed E-state index contributed by atoms with van der Waals surface area (Å²) in [6, 6.07) is 14.4. The van der Waals surface area contributed by atoms with Gasteiger partial charge < -0.3 is 10.1 Å². The van der Waals surface area contributed by atoms with Crippen molar-refractivity contribution >= 4 is 5.91 Å². The third-order valence-electron chi connectivity index (χ3n) is 3.16. The predicted molar refractivity (Wildman–Crippen MR) is 79.8 cm³/mol. The van der Waals surface area contributed by atoms with Crippen LogP contribution in [-0.2, 0) is 17.6 Å². The summed E-state index contributed by atoms with van der Waals surface area (Å²) >= 11 is 0. The molecule has 0 aliphatic carbocycles. The molecule has 2 aromatic rings. The minimum Gasteiger partial charge on any atom is -0.494 e. The SMILES string of the molecule is COc1ccc(CCNC(=O)Cc2ccccc2)cc1F. The van der Waals surface area contributed by atoms with Gasteiger partial charge in [0.2, 0.25) is 5.91 Å². The van der Waals surface area contributed by atoms with E-state index in [-0.39, 0.29) is 17.5 Å². The molecule has 0 atom stereocenters. The maximum Gasteiger partial charge on any atom is 0.224 e. The smallest absolute Gasteiger partial charge is 0.224 e. The number of carbonyl (C=O) groups excluding carboxylic acids is 1. The molecule has 0 fully saturated rings. The average Bonchev–Trinajstić information content (AvgIpc) is 2.48. The molecule has 21 heavy (non-hydrogen) atoms. The van der Waals surface area contributed by atoms with Gasteiger partial charge in [-0.15, -0.1) is 0 Å². The van der Waals surface area contributed by atoms with E-state index in [1.165, 1.54) is 13.2 Å². The Morgan fingerprint density at radius 3 is 2.57 bits per heavy atom. The van der Waals surface area contributed by atoms with Crippen molar-refractivity contribution in [2.45, 2.75) is 12.8 Å². The maximum absolute atomic E-state index is 13.5. The van der Waals surface area contributed by atoms with Crippen LogP contribution in [0.1, 0.15) is 11.1 Å². The fourth-order valence-electron chi connectivity index (χ4n) is 2.06. The van der Waals surface area contributed by atoms with Crippen LogP contribution in [0, 0.1) is 5.82 Å². The number of amides is 1. The second-order valence-electron chi connectivity index (χ2n) is 4.73. The van der Waals surface area contributed by atoms with E-state index in [1.807, 2.05) is 30.3 Å². The van der Waals surface area contributed by atoms with Crippen molar-refractivity contribution in [3.63, 3.8) is 0 Å². The number of ether oxygens (including phenoxy) is 1. The van der Waals surface area contributed by atoms with Crippen LogP contribution in [0.15, 0.2) is 48.5 Å². The normalized spacial score (nSPS) is 10.2. The minimum atomic E-state index is -0.384. The Labute approximate surface area is 123 Å². The van der Waals surface area contributed by atoms with Gasteiger partial charge in [0.15, 0.2) is 11.6 Å². The van der Waals surface area contributed by atoms with Crippen molar-refractivity contribution in [2.24, 2.45) is 0 Å². The van der Waals surface area contributed by atoms with E-state index in [0.717, 1.165) is 11.1 Å². The van der Waals surface area contributed by atoms with Crippen LogP contribution >= 0.6 is 0 Å². The van der Waals surface area contributed by atoms with Gasteiger partial charge in [0.25, 0.3) is 0 Å². The fourth-order valence-corrected chi connectivity index (χ4v) is 2.06. The highest BCUT2D eigenvalue weighted by atomic mass is 19.1. The number of carbonyl (C=O) groups is 1. The van der Waals surface area contributed by atoms with E-state index in [1.54, 1.807) is 12.1 Å². The van der Waals surface area contributed by atoms with Gasteiger partial charge in [-0.25, -0.2) is 4.39 Å². The lowest BCUT2D eigenvalue weighted by atomic mass is 10.1. The molecular formula is C17H18FNO2. The van der Waals surface area contributed by atoms with Crippen molar-refractivity contribution in [3.05, 3.63) is 65.5 Å². The summed E-state index contributed by atoms with van der Waals surface area (Å²) in [5.74, 6) is -0.187. The molecule has 0 unspecified atom stereocenters. The molecule has 0 aromatic heterocycles. The van der Waals surface area contributed by atoms with Crippen LogP contribution in [-0.4, -0.2) is 19.6 Å². The third-order valence-corrected chi connectivity index (χ3v) is 3.16. The van der Waals surface area contributed by atoms with Crippen molar-refractivity contribution in [1.82, 2.24) is 5.32 Å². The summed E-state index contributed by atoms with van der Waals surface area (Å²) in [5.41, 5.74) is 1.80. The molecule has 0 spiro atoms. The monoisotopic (exact) mass is 287 g/mol. The topological polar surface area (TPSA) is 38.3 Å². The van der Waals surface area contributed by atoms with E-state index >= 15 is 0 Å². The molecule has 1 N–H and O–H groups in total. The largest absolute Gasteiger partial charge is 0.494 e. The van der Waals surface area contributed by atoms with E-state index < -0.39 is 0 Å². The van der Waals surface area contributed by atoms with E-state index in [2.05, 4.69) is 5.32 Å². The first kappa shape index (κ1) is 15.0. The molecule has 0 radical (unpaired) electrons. The Hall–Kier alpha value is -2.36. The minimum absolute atomic E-state index is 0.0322. The molecule has 0 saturated carbocycles. The highest BCUT2D eigenvalue weighted by Gasteiger charge is 2.05. The first-order valence-electron chi connectivity index (χ1n) is 6.82. The van der Waals surface area contributed by atoms with Crippen molar-refractivity contribution < 1.29 is 13.9 Å². The second kappa shape index (κ2) is 7.43. The molecule has 2 aromatic carbocycles. The first-order chi connectivity index (χ1) is 10.2. The number of rotatable bonds is 6. The molecule has 110 valence electrons. The standard InChI is InChI=1S/C17H18FNO2/c1-21-16-8-7-14(11-15(16)18)9-10-19-17(20)12-13-5-3-2-4-6-13/h2-8,11H,9-10,12H2,1H3,(H,19,20). The summed E-state index contributed by atoms with van der Waals surface area (Å²) in [7, 11) is 1.43. The van der Waals surface area contributed by atoms with Gasteiger partial charge in [-0.1, -0.05) is 36.4 Å². The second-order valence-corrected chi connectivity index (χ2v) is 4.73. The van der Waals surface area contributed by atoms with Crippen LogP contribution in [0.5, 0.6) is 5.75 Å². The highest BCUT2D eigenvalue weighted by Crippen LogP contribution is 2.17. The third kappa shape index (κ3) is 4.60. The summed E-state index contributed by atoms with van der Waals surface area (Å²) in [4.78, 5) is 11.8. The predicted octanol–water partition coefficient (Wildman–Crippen LogP) is 2.74. The van der Waals surface area contributed by atoms with Crippen LogP contribution in [0.2, 0.25) is 0 Å². The quantitative estimate of drug-likeness (QED) is 0.887. The van der Waals surface area contributed by atoms with Gasteiger partial charge in [0.05, 0.1) is 13.5 Å². The van der Waals surface area contributed by atoms with Crippen LogP contribution in [0.25, 0.3) is 0 Å². The van der Waals surface area contributed by atoms with E-state index in [9.17, 15) is 9.18 Å². The summed E-state index contributed by atoms with van der Waals surface area (Å²) in [6.45, 7) is 0.484. The molecule has 0 saturated heterocycles.